The van der Waals surface area contributed by atoms with Crippen molar-refractivity contribution in [1.82, 2.24) is 29.5 Å². The quantitative estimate of drug-likeness (QED) is 0.787. The molecule has 0 saturated heterocycles. The van der Waals surface area contributed by atoms with Gasteiger partial charge in [0.2, 0.25) is 3.83 Å². The summed E-state index contributed by atoms with van der Waals surface area (Å²) in [7, 11) is 0. The van der Waals surface area contributed by atoms with Gasteiger partial charge in [0.1, 0.15) is 25.0 Å². The van der Waals surface area contributed by atoms with Gasteiger partial charge in [-0.05, 0) is 6.42 Å². The Labute approximate surface area is 101 Å². The number of rotatable bonds is 4. The first-order valence-corrected chi connectivity index (χ1v) is 5.79. The van der Waals surface area contributed by atoms with Gasteiger partial charge in [-0.1, -0.05) is 6.92 Å². The van der Waals surface area contributed by atoms with Crippen LogP contribution in [0.25, 0.3) is 0 Å². The molecule has 0 N–H and O–H groups in total. The summed E-state index contributed by atoms with van der Waals surface area (Å²) in [6.45, 7) is 3.63. The van der Waals surface area contributed by atoms with E-state index in [2.05, 4.69) is 49.7 Å². The molecule has 0 bridgehead atoms. The van der Waals surface area contributed by atoms with E-state index in [0.29, 0.717) is 6.54 Å². The molecule has 0 amide bonds. The van der Waals surface area contributed by atoms with Crippen LogP contribution >= 0.6 is 22.6 Å². The lowest BCUT2D eigenvalue weighted by molar-refractivity contribution is 0.538. The molecule has 0 aliphatic rings. The van der Waals surface area contributed by atoms with E-state index in [1.54, 1.807) is 17.3 Å². The number of aryl methyl sites for hydroxylation is 1. The van der Waals surface area contributed by atoms with E-state index in [9.17, 15) is 0 Å². The van der Waals surface area contributed by atoms with Gasteiger partial charge in [-0.3, -0.25) is 0 Å². The smallest absolute Gasteiger partial charge is 0.211 e. The van der Waals surface area contributed by atoms with Crippen molar-refractivity contribution in [3.8, 4) is 0 Å². The summed E-state index contributed by atoms with van der Waals surface area (Å²) in [6.07, 6.45) is 4.32. The van der Waals surface area contributed by atoms with Gasteiger partial charge >= 0.3 is 0 Å². The third-order valence-electron chi connectivity index (χ3n) is 1.94. The van der Waals surface area contributed by atoms with Crippen LogP contribution in [0.3, 0.4) is 0 Å². The zero-order valence-electron chi connectivity index (χ0n) is 8.34. The minimum atomic E-state index is 0.621. The average molecular weight is 318 g/mol. The molecule has 6 nitrogen and oxygen atoms in total. The molecule has 0 saturated carbocycles. The van der Waals surface area contributed by atoms with Crippen molar-refractivity contribution in [2.75, 3.05) is 0 Å². The Kier molecular flexibility index (Phi) is 3.29. The normalized spacial score (nSPS) is 10.8. The molecule has 80 valence electrons. The van der Waals surface area contributed by atoms with Crippen molar-refractivity contribution < 1.29 is 0 Å². The first-order valence-electron chi connectivity index (χ1n) is 4.71. The third-order valence-corrected chi connectivity index (χ3v) is 2.44. The Morgan fingerprint density at radius 2 is 2.27 bits per heavy atom. The van der Waals surface area contributed by atoms with Crippen LogP contribution in [0.15, 0.2) is 12.7 Å². The van der Waals surface area contributed by atoms with E-state index in [-0.39, 0.29) is 0 Å². The fourth-order valence-corrected chi connectivity index (χ4v) is 1.70. The molecular formula is C8H11IN6. The largest absolute Gasteiger partial charge is 0.248 e. The molecule has 15 heavy (non-hydrogen) atoms. The van der Waals surface area contributed by atoms with Crippen LogP contribution in [0, 0.1) is 3.83 Å². The predicted octanol–water partition coefficient (Wildman–Crippen LogP) is 0.933. The summed E-state index contributed by atoms with van der Waals surface area (Å²) in [5.41, 5.74) is 0. The molecule has 2 rings (SSSR count). The standard InChI is InChI=1S/C8H11IN6/c1-2-3-15-7(10-5-12-15)4-14-6-11-8(9)13-14/h5-6H,2-4H2,1H3. The Balaban J connectivity index is 2.13. The second-order valence-corrected chi connectivity index (χ2v) is 4.08. The summed E-state index contributed by atoms with van der Waals surface area (Å²) in [5, 5.41) is 8.35. The van der Waals surface area contributed by atoms with E-state index in [0.717, 1.165) is 22.6 Å². The van der Waals surface area contributed by atoms with Gasteiger partial charge in [0.25, 0.3) is 0 Å². The molecule has 0 radical (unpaired) electrons. The van der Waals surface area contributed by atoms with Crippen molar-refractivity contribution in [3.63, 3.8) is 0 Å². The molecule has 2 aromatic heterocycles. The highest BCUT2D eigenvalue weighted by atomic mass is 127. The van der Waals surface area contributed by atoms with Crippen LogP contribution in [-0.2, 0) is 13.1 Å². The predicted molar refractivity (Wildman–Crippen MR) is 62.2 cm³/mol. The summed E-state index contributed by atoms with van der Waals surface area (Å²) in [4.78, 5) is 8.25. The maximum Gasteiger partial charge on any atom is 0.211 e. The highest BCUT2D eigenvalue weighted by molar-refractivity contribution is 14.1. The Bertz CT molecular complexity index is 434. The summed E-state index contributed by atoms with van der Waals surface area (Å²) >= 11 is 2.08. The zero-order valence-corrected chi connectivity index (χ0v) is 10.5. The van der Waals surface area contributed by atoms with E-state index in [4.69, 9.17) is 0 Å². The lowest BCUT2D eigenvalue weighted by atomic mass is 10.5. The van der Waals surface area contributed by atoms with Crippen molar-refractivity contribution >= 4 is 22.6 Å². The van der Waals surface area contributed by atoms with Crippen LogP contribution in [0.5, 0.6) is 0 Å². The van der Waals surface area contributed by atoms with Gasteiger partial charge in [0, 0.05) is 29.1 Å². The topological polar surface area (TPSA) is 61.4 Å². The van der Waals surface area contributed by atoms with Crippen LogP contribution in [0.4, 0.5) is 0 Å². The highest BCUT2D eigenvalue weighted by Gasteiger charge is 2.05. The highest BCUT2D eigenvalue weighted by Crippen LogP contribution is 2.00. The molecular weight excluding hydrogens is 307 g/mol. The minimum absolute atomic E-state index is 0.621. The fourth-order valence-electron chi connectivity index (χ4n) is 1.30. The van der Waals surface area contributed by atoms with Gasteiger partial charge in [-0.15, -0.1) is 5.10 Å². The number of aromatic nitrogens is 6. The Morgan fingerprint density at radius 3 is 2.93 bits per heavy atom. The van der Waals surface area contributed by atoms with Crippen LogP contribution in [-0.4, -0.2) is 29.5 Å². The molecule has 0 atom stereocenters. The van der Waals surface area contributed by atoms with Gasteiger partial charge in [-0.25, -0.2) is 19.3 Å². The molecule has 0 aromatic carbocycles. The molecule has 7 heteroatoms. The average Bonchev–Trinajstić information content (AvgIpc) is 2.78. The van der Waals surface area contributed by atoms with Gasteiger partial charge in [0.15, 0.2) is 0 Å². The van der Waals surface area contributed by atoms with Gasteiger partial charge < -0.3 is 0 Å². The lowest BCUT2D eigenvalue weighted by Gasteiger charge is -2.03. The Morgan fingerprint density at radius 1 is 1.40 bits per heavy atom. The second kappa shape index (κ2) is 4.69. The summed E-state index contributed by atoms with van der Waals surface area (Å²) in [6, 6.07) is 0. The Hall–Kier alpha value is -0.990. The molecule has 2 aromatic rings. The van der Waals surface area contributed by atoms with Gasteiger partial charge in [-0.2, -0.15) is 5.10 Å². The molecule has 0 aliphatic carbocycles. The van der Waals surface area contributed by atoms with Crippen LogP contribution in [0.1, 0.15) is 19.2 Å². The molecule has 0 unspecified atom stereocenters. The van der Waals surface area contributed by atoms with Gasteiger partial charge in [0.05, 0.1) is 0 Å². The van der Waals surface area contributed by atoms with Crippen molar-refractivity contribution in [1.29, 1.82) is 0 Å². The minimum Gasteiger partial charge on any atom is -0.248 e. The van der Waals surface area contributed by atoms with Crippen LogP contribution < -0.4 is 0 Å². The van der Waals surface area contributed by atoms with E-state index in [1.165, 1.54) is 0 Å². The SMILES string of the molecule is CCCn1ncnc1Cn1cnc(I)n1. The zero-order chi connectivity index (χ0) is 10.7. The molecule has 0 spiro atoms. The first-order chi connectivity index (χ1) is 7.29. The maximum absolute atomic E-state index is 4.20. The monoisotopic (exact) mass is 318 g/mol. The maximum atomic E-state index is 4.20. The van der Waals surface area contributed by atoms with Crippen LogP contribution in [0.2, 0.25) is 0 Å². The van der Waals surface area contributed by atoms with E-state index in [1.807, 2.05) is 4.68 Å². The van der Waals surface area contributed by atoms with Crippen molar-refractivity contribution in [3.05, 3.63) is 22.3 Å². The van der Waals surface area contributed by atoms with E-state index < -0.39 is 0 Å². The second-order valence-electron chi connectivity index (χ2n) is 3.11. The summed E-state index contributed by atoms with van der Waals surface area (Å²) < 4.78 is 4.40. The fraction of sp³-hybridized carbons (Fsp3) is 0.500. The first kappa shape index (κ1) is 10.5. The van der Waals surface area contributed by atoms with E-state index >= 15 is 0 Å². The third kappa shape index (κ3) is 2.52. The van der Waals surface area contributed by atoms with Crippen molar-refractivity contribution in [2.45, 2.75) is 26.4 Å². The molecule has 2 heterocycles. The number of hydrogen-bond acceptors (Lipinski definition) is 4. The summed E-state index contributed by atoms with van der Waals surface area (Å²) in [5.74, 6) is 0.915. The lowest BCUT2D eigenvalue weighted by Crippen LogP contribution is -2.10. The molecule has 0 aliphatic heterocycles. The number of hydrogen-bond donors (Lipinski definition) is 0. The number of nitrogens with zero attached hydrogens (tertiary/aromatic N) is 6. The number of halogens is 1. The molecule has 0 fully saturated rings. The van der Waals surface area contributed by atoms with Crippen molar-refractivity contribution in [2.24, 2.45) is 0 Å².